The molecule has 2 N–H and O–H groups in total. The highest BCUT2D eigenvalue weighted by Gasteiger charge is 2.13. The molecule has 0 unspecified atom stereocenters. The van der Waals surface area contributed by atoms with Crippen LogP contribution in [0.15, 0.2) is 6.07 Å². The van der Waals surface area contributed by atoms with Crippen molar-refractivity contribution in [1.82, 2.24) is 9.97 Å². The van der Waals surface area contributed by atoms with Gasteiger partial charge in [-0.25, -0.2) is 4.98 Å². The van der Waals surface area contributed by atoms with Crippen LogP contribution in [0.4, 0.5) is 11.8 Å². The zero-order chi connectivity index (χ0) is 12.1. The summed E-state index contributed by atoms with van der Waals surface area (Å²) in [5.74, 6) is 2.45. The van der Waals surface area contributed by atoms with Crippen molar-refractivity contribution in [2.45, 2.75) is 39.0 Å². The summed E-state index contributed by atoms with van der Waals surface area (Å²) in [5.41, 5.74) is 0.996. The number of hydrogen-bond acceptors (Lipinski definition) is 4. The normalized spacial score (nSPS) is 16.8. The second-order valence-corrected chi connectivity index (χ2v) is 4.85. The van der Waals surface area contributed by atoms with Crippen LogP contribution in [0.5, 0.6) is 0 Å². The molecule has 4 heteroatoms. The monoisotopic (exact) mass is 234 g/mol. The van der Waals surface area contributed by atoms with E-state index in [9.17, 15) is 0 Å². The molecule has 2 rings (SSSR count). The summed E-state index contributed by atoms with van der Waals surface area (Å²) >= 11 is 0. The Morgan fingerprint density at radius 3 is 2.71 bits per heavy atom. The highest BCUT2D eigenvalue weighted by atomic mass is 15.1. The van der Waals surface area contributed by atoms with E-state index >= 15 is 0 Å². The van der Waals surface area contributed by atoms with Gasteiger partial charge in [0.15, 0.2) is 0 Å². The average molecular weight is 234 g/mol. The fourth-order valence-corrected chi connectivity index (χ4v) is 2.41. The summed E-state index contributed by atoms with van der Waals surface area (Å²) in [6.07, 6.45) is 6.90. The van der Waals surface area contributed by atoms with Gasteiger partial charge in [-0.2, -0.15) is 4.98 Å². The Morgan fingerprint density at radius 2 is 2.00 bits per heavy atom. The highest BCUT2D eigenvalue weighted by Crippen LogP contribution is 2.23. The third-order valence-corrected chi connectivity index (χ3v) is 3.37. The van der Waals surface area contributed by atoms with E-state index in [1.54, 1.807) is 0 Å². The summed E-state index contributed by atoms with van der Waals surface area (Å²) in [7, 11) is 1.85. The van der Waals surface area contributed by atoms with Crippen LogP contribution >= 0.6 is 0 Å². The van der Waals surface area contributed by atoms with Gasteiger partial charge in [-0.05, 0) is 25.7 Å². The van der Waals surface area contributed by atoms with Gasteiger partial charge in [-0.3, -0.25) is 0 Å². The first-order chi connectivity index (χ1) is 8.28. The molecule has 17 heavy (non-hydrogen) atoms. The quantitative estimate of drug-likeness (QED) is 0.841. The van der Waals surface area contributed by atoms with Crippen LogP contribution in [0, 0.1) is 12.8 Å². The van der Waals surface area contributed by atoms with E-state index in [0.717, 1.165) is 24.0 Å². The van der Waals surface area contributed by atoms with Crippen LogP contribution in [-0.4, -0.2) is 23.6 Å². The first kappa shape index (κ1) is 12.1. The van der Waals surface area contributed by atoms with Crippen molar-refractivity contribution in [2.24, 2.45) is 5.92 Å². The molecule has 0 aromatic carbocycles. The van der Waals surface area contributed by atoms with E-state index in [1.807, 2.05) is 20.0 Å². The summed E-state index contributed by atoms with van der Waals surface area (Å²) in [4.78, 5) is 8.69. The molecule has 4 nitrogen and oxygen atoms in total. The maximum absolute atomic E-state index is 4.40. The molecule has 0 spiro atoms. The van der Waals surface area contributed by atoms with Crippen molar-refractivity contribution in [3.63, 3.8) is 0 Å². The van der Waals surface area contributed by atoms with Gasteiger partial charge in [0.2, 0.25) is 5.95 Å². The summed E-state index contributed by atoms with van der Waals surface area (Å²) in [6, 6.07) is 2.00. The minimum atomic E-state index is 0.691. The van der Waals surface area contributed by atoms with Crippen molar-refractivity contribution < 1.29 is 0 Å². The van der Waals surface area contributed by atoms with E-state index < -0.39 is 0 Å². The molecule has 0 bridgehead atoms. The molecule has 0 atom stereocenters. The fraction of sp³-hybridized carbons (Fsp3) is 0.692. The Hall–Kier alpha value is -1.32. The van der Waals surface area contributed by atoms with Gasteiger partial charge < -0.3 is 10.6 Å². The maximum atomic E-state index is 4.40. The Kier molecular flexibility index (Phi) is 4.18. The fourth-order valence-electron chi connectivity index (χ4n) is 2.41. The molecule has 1 heterocycles. The number of hydrogen-bond donors (Lipinski definition) is 2. The van der Waals surface area contributed by atoms with Crippen molar-refractivity contribution >= 4 is 11.8 Å². The van der Waals surface area contributed by atoms with Crippen LogP contribution in [0.25, 0.3) is 0 Å². The minimum Gasteiger partial charge on any atom is -0.370 e. The number of aromatic nitrogens is 2. The van der Waals surface area contributed by atoms with Gasteiger partial charge in [-0.15, -0.1) is 0 Å². The summed E-state index contributed by atoms with van der Waals surface area (Å²) < 4.78 is 0. The molecule has 1 fully saturated rings. The molecule has 1 aliphatic carbocycles. The number of nitrogens with one attached hydrogen (secondary N) is 2. The van der Waals surface area contributed by atoms with E-state index in [0.29, 0.717) is 5.95 Å². The summed E-state index contributed by atoms with van der Waals surface area (Å²) in [5, 5.41) is 6.42. The van der Waals surface area contributed by atoms with Gasteiger partial charge >= 0.3 is 0 Å². The van der Waals surface area contributed by atoms with Crippen molar-refractivity contribution in [1.29, 1.82) is 0 Å². The zero-order valence-corrected chi connectivity index (χ0v) is 10.8. The van der Waals surface area contributed by atoms with Crippen LogP contribution in [0.3, 0.4) is 0 Å². The molecule has 1 aliphatic rings. The average Bonchev–Trinajstić information content (AvgIpc) is 2.37. The SMILES string of the molecule is CNc1nc(C)cc(NCC2CCCCC2)n1. The number of nitrogens with zero attached hydrogens (tertiary/aromatic N) is 2. The van der Waals surface area contributed by atoms with Crippen molar-refractivity contribution in [3.05, 3.63) is 11.8 Å². The Morgan fingerprint density at radius 1 is 1.24 bits per heavy atom. The van der Waals surface area contributed by atoms with Crippen LogP contribution in [0.2, 0.25) is 0 Å². The van der Waals surface area contributed by atoms with Crippen molar-refractivity contribution in [2.75, 3.05) is 24.2 Å². The first-order valence-electron chi connectivity index (χ1n) is 6.55. The van der Waals surface area contributed by atoms with E-state index in [-0.39, 0.29) is 0 Å². The van der Waals surface area contributed by atoms with E-state index in [2.05, 4.69) is 20.6 Å². The third-order valence-electron chi connectivity index (χ3n) is 3.37. The molecule has 0 radical (unpaired) electrons. The molecular weight excluding hydrogens is 212 g/mol. The maximum Gasteiger partial charge on any atom is 0.224 e. The first-order valence-corrected chi connectivity index (χ1v) is 6.55. The minimum absolute atomic E-state index is 0.691. The zero-order valence-electron chi connectivity index (χ0n) is 10.8. The number of rotatable bonds is 4. The van der Waals surface area contributed by atoms with Crippen LogP contribution in [0.1, 0.15) is 37.8 Å². The van der Waals surface area contributed by atoms with E-state index in [1.165, 1.54) is 32.1 Å². The lowest BCUT2D eigenvalue weighted by Crippen LogP contribution is -2.18. The Labute approximate surface area is 103 Å². The Balaban J connectivity index is 1.91. The van der Waals surface area contributed by atoms with Crippen LogP contribution in [-0.2, 0) is 0 Å². The molecule has 0 amide bonds. The predicted octanol–water partition coefficient (Wildman–Crippen LogP) is 2.82. The predicted molar refractivity (Wildman–Crippen MR) is 71.4 cm³/mol. The summed E-state index contributed by atoms with van der Waals surface area (Å²) in [6.45, 7) is 3.04. The molecule has 1 aromatic heterocycles. The van der Waals surface area contributed by atoms with E-state index in [4.69, 9.17) is 0 Å². The third kappa shape index (κ3) is 3.58. The van der Waals surface area contributed by atoms with Crippen LogP contribution < -0.4 is 10.6 Å². The van der Waals surface area contributed by atoms with Gasteiger partial charge in [0.1, 0.15) is 5.82 Å². The lowest BCUT2D eigenvalue weighted by Gasteiger charge is -2.22. The highest BCUT2D eigenvalue weighted by molar-refractivity contribution is 5.41. The smallest absolute Gasteiger partial charge is 0.224 e. The van der Waals surface area contributed by atoms with Crippen molar-refractivity contribution in [3.8, 4) is 0 Å². The van der Waals surface area contributed by atoms with Gasteiger partial charge in [-0.1, -0.05) is 19.3 Å². The number of anilines is 2. The largest absolute Gasteiger partial charge is 0.370 e. The Bertz CT molecular complexity index is 358. The lowest BCUT2D eigenvalue weighted by atomic mass is 9.89. The molecule has 1 saturated carbocycles. The second-order valence-electron chi connectivity index (χ2n) is 4.85. The lowest BCUT2D eigenvalue weighted by molar-refractivity contribution is 0.373. The molecule has 1 aromatic rings. The van der Waals surface area contributed by atoms with Gasteiger partial charge in [0.25, 0.3) is 0 Å². The number of aryl methyl sites for hydroxylation is 1. The topological polar surface area (TPSA) is 49.8 Å². The van der Waals surface area contributed by atoms with Gasteiger partial charge in [0.05, 0.1) is 0 Å². The standard InChI is InChI=1S/C13H22N4/c1-10-8-12(17-13(14-2)16-10)15-9-11-6-4-3-5-7-11/h8,11H,3-7,9H2,1-2H3,(H2,14,15,16,17). The van der Waals surface area contributed by atoms with Gasteiger partial charge in [0, 0.05) is 25.4 Å². The molecule has 0 aliphatic heterocycles. The second kappa shape index (κ2) is 5.84. The molecular formula is C13H22N4. The molecule has 0 saturated heterocycles. The molecule has 94 valence electrons.